The summed E-state index contributed by atoms with van der Waals surface area (Å²) in [5.41, 5.74) is 0.489. The molecule has 2 rings (SSSR count). The smallest absolute Gasteiger partial charge is 0.261 e. The van der Waals surface area contributed by atoms with E-state index in [1.165, 1.54) is 0 Å². The van der Waals surface area contributed by atoms with Gasteiger partial charge in [0.15, 0.2) is 0 Å². The maximum atomic E-state index is 12.6. The van der Waals surface area contributed by atoms with Crippen molar-refractivity contribution >= 4 is 17.5 Å². The van der Waals surface area contributed by atoms with E-state index in [1.807, 2.05) is 4.90 Å². The van der Waals surface area contributed by atoms with Gasteiger partial charge in [-0.1, -0.05) is 6.07 Å². The van der Waals surface area contributed by atoms with Gasteiger partial charge in [0.25, 0.3) is 5.91 Å². The van der Waals surface area contributed by atoms with Gasteiger partial charge >= 0.3 is 0 Å². The lowest BCUT2D eigenvalue weighted by Crippen LogP contribution is -2.29. The van der Waals surface area contributed by atoms with Crippen molar-refractivity contribution in [2.45, 2.75) is 6.42 Å². The number of alkyl halides is 1. The molecule has 0 aliphatic carbocycles. The van der Waals surface area contributed by atoms with E-state index in [2.05, 4.69) is 0 Å². The first-order chi connectivity index (χ1) is 9.21. The van der Waals surface area contributed by atoms with Crippen LogP contribution in [0.1, 0.15) is 16.8 Å². The van der Waals surface area contributed by atoms with Crippen molar-refractivity contribution < 1.29 is 14.3 Å². The molecule has 0 saturated carbocycles. The molecular weight excluding hydrogens is 266 g/mol. The van der Waals surface area contributed by atoms with E-state index in [4.69, 9.17) is 21.1 Å². The van der Waals surface area contributed by atoms with E-state index in [0.29, 0.717) is 35.4 Å². The number of nitrogens with zero attached hydrogens (tertiary/aromatic N) is 1. The van der Waals surface area contributed by atoms with Gasteiger partial charge in [0, 0.05) is 19.0 Å². The Labute approximate surface area is 118 Å². The zero-order valence-electron chi connectivity index (χ0n) is 11.2. The number of methoxy groups -OCH3 is 2. The van der Waals surface area contributed by atoms with E-state index in [-0.39, 0.29) is 5.91 Å². The number of rotatable bonds is 4. The lowest BCUT2D eigenvalue weighted by Gasteiger charge is -2.19. The molecule has 0 aromatic heterocycles. The SMILES string of the molecule is COc1cccc(OC)c1C(=O)N1CCC(CCl)C1. The normalized spacial score (nSPS) is 18.5. The minimum absolute atomic E-state index is 0.0538. The molecule has 1 aromatic rings. The monoisotopic (exact) mass is 283 g/mol. The van der Waals surface area contributed by atoms with Gasteiger partial charge in [-0.25, -0.2) is 0 Å². The molecule has 1 aromatic carbocycles. The van der Waals surface area contributed by atoms with Gasteiger partial charge in [-0.3, -0.25) is 4.79 Å². The van der Waals surface area contributed by atoms with Gasteiger partial charge in [-0.05, 0) is 24.5 Å². The van der Waals surface area contributed by atoms with Crippen LogP contribution in [0.25, 0.3) is 0 Å². The second-order valence-corrected chi connectivity index (χ2v) is 4.91. The Balaban J connectivity index is 2.28. The molecule has 1 heterocycles. The van der Waals surface area contributed by atoms with Crippen LogP contribution >= 0.6 is 11.6 Å². The molecule has 19 heavy (non-hydrogen) atoms. The average Bonchev–Trinajstić information content (AvgIpc) is 2.94. The zero-order chi connectivity index (χ0) is 13.8. The Bertz CT molecular complexity index is 442. The second kappa shape index (κ2) is 6.15. The van der Waals surface area contributed by atoms with Crippen LogP contribution in [-0.4, -0.2) is 44.0 Å². The highest BCUT2D eigenvalue weighted by Crippen LogP contribution is 2.31. The first kappa shape index (κ1) is 14.0. The molecule has 1 aliphatic heterocycles. The third kappa shape index (κ3) is 2.78. The Morgan fingerprint density at radius 3 is 2.47 bits per heavy atom. The van der Waals surface area contributed by atoms with Crippen LogP contribution in [0, 0.1) is 5.92 Å². The summed E-state index contributed by atoms with van der Waals surface area (Å²) < 4.78 is 10.5. The lowest BCUT2D eigenvalue weighted by molar-refractivity contribution is 0.0781. The number of likely N-dealkylation sites (tertiary alicyclic amines) is 1. The quantitative estimate of drug-likeness (QED) is 0.797. The molecule has 1 atom stereocenters. The molecule has 1 saturated heterocycles. The van der Waals surface area contributed by atoms with Gasteiger partial charge in [-0.2, -0.15) is 0 Å². The van der Waals surface area contributed by atoms with Crippen LogP contribution in [0.5, 0.6) is 11.5 Å². The van der Waals surface area contributed by atoms with E-state index in [0.717, 1.165) is 13.0 Å². The molecular formula is C14H18ClNO3. The molecule has 1 amide bonds. The molecule has 1 aliphatic rings. The Morgan fingerprint density at radius 2 is 2.00 bits per heavy atom. The Kier molecular flexibility index (Phi) is 4.53. The summed E-state index contributed by atoms with van der Waals surface area (Å²) in [5.74, 6) is 2.00. The van der Waals surface area contributed by atoms with Crippen molar-refractivity contribution in [2.75, 3.05) is 33.2 Å². The molecule has 4 nitrogen and oxygen atoms in total. The topological polar surface area (TPSA) is 38.8 Å². The third-order valence-corrected chi connectivity index (χ3v) is 3.87. The number of benzene rings is 1. The summed E-state index contributed by atoms with van der Waals surface area (Å²) in [6.45, 7) is 1.43. The minimum Gasteiger partial charge on any atom is -0.496 e. The van der Waals surface area contributed by atoms with Crippen molar-refractivity contribution in [3.8, 4) is 11.5 Å². The van der Waals surface area contributed by atoms with Gasteiger partial charge in [-0.15, -0.1) is 11.6 Å². The highest BCUT2D eigenvalue weighted by atomic mass is 35.5. The molecule has 0 radical (unpaired) electrons. The summed E-state index contributed by atoms with van der Waals surface area (Å²) >= 11 is 5.85. The summed E-state index contributed by atoms with van der Waals surface area (Å²) in [6.07, 6.45) is 0.951. The van der Waals surface area contributed by atoms with Crippen molar-refractivity contribution in [3.05, 3.63) is 23.8 Å². The highest BCUT2D eigenvalue weighted by Gasteiger charge is 2.29. The Hall–Kier alpha value is -1.42. The van der Waals surface area contributed by atoms with Crippen LogP contribution < -0.4 is 9.47 Å². The number of halogens is 1. The summed E-state index contributed by atoms with van der Waals surface area (Å²) in [6, 6.07) is 5.34. The molecule has 0 N–H and O–H groups in total. The molecule has 1 unspecified atom stereocenters. The fraction of sp³-hybridized carbons (Fsp3) is 0.500. The largest absolute Gasteiger partial charge is 0.496 e. The van der Waals surface area contributed by atoms with Crippen molar-refractivity contribution in [1.29, 1.82) is 0 Å². The number of amides is 1. The maximum Gasteiger partial charge on any atom is 0.261 e. The molecule has 0 bridgehead atoms. The predicted molar refractivity (Wildman–Crippen MR) is 74.3 cm³/mol. The first-order valence-corrected chi connectivity index (χ1v) is 6.81. The molecule has 104 valence electrons. The first-order valence-electron chi connectivity index (χ1n) is 6.27. The molecule has 1 fully saturated rings. The second-order valence-electron chi connectivity index (χ2n) is 4.60. The van der Waals surface area contributed by atoms with Crippen LogP contribution in [-0.2, 0) is 0 Å². The van der Waals surface area contributed by atoms with Gasteiger partial charge in [0.2, 0.25) is 0 Å². The number of hydrogen-bond donors (Lipinski definition) is 0. The zero-order valence-corrected chi connectivity index (χ0v) is 11.9. The van der Waals surface area contributed by atoms with Crippen LogP contribution in [0.4, 0.5) is 0 Å². The van der Waals surface area contributed by atoms with E-state index < -0.39 is 0 Å². The molecule has 5 heteroatoms. The third-order valence-electron chi connectivity index (χ3n) is 3.43. The van der Waals surface area contributed by atoms with Gasteiger partial charge < -0.3 is 14.4 Å². The number of carbonyl (C=O) groups is 1. The maximum absolute atomic E-state index is 12.6. The summed E-state index contributed by atoms with van der Waals surface area (Å²) in [4.78, 5) is 14.4. The standard InChI is InChI=1S/C14H18ClNO3/c1-18-11-4-3-5-12(19-2)13(11)14(17)16-7-6-10(8-15)9-16/h3-5,10H,6-9H2,1-2H3. The van der Waals surface area contributed by atoms with E-state index >= 15 is 0 Å². The van der Waals surface area contributed by atoms with Crippen molar-refractivity contribution in [3.63, 3.8) is 0 Å². The minimum atomic E-state index is -0.0538. The number of ether oxygens (including phenoxy) is 2. The average molecular weight is 284 g/mol. The van der Waals surface area contributed by atoms with E-state index in [9.17, 15) is 4.79 Å². The Morgan fingerprint density at radius 1 is 1.37 bits per heavy atom. The summed E-state index contributed by atoms with van der Waals surface area (Å²) in [5, 5.41) is 0. The lowest BCUT2D eigenvalue weighted by atomic mass is 10.1. The highest BCUT2D eigenvalue weighted by molar-refractivity contribution is 6.18. The summed E-state index contributed by atoms with van der Waals surface area (Å²) in [7, 11) is 3.11. The number of carbonyl (C=O) groups excluding carboxylic acids is 1. The van der Waals surface area contributed by atoms with Crippen LogP contribution in [0.2, 0.25) is 0 Å². The van der Waals surface area contributed by atoms with Crippen molar-refractivity contribution in [2.24, 2.45) is 5.92 Å². The van der Waals surface area contributed by atoms with Gasteiger partial charge in [0.1, 0.15) is 17.1 Å². The number of hydrogen-bond acceptors (Lipinski definition) is 3. The fourth-order valence-electron chi connectivity index (χ4n) is 2.36. The molecule has 0 spiro atoms. The van der Waals surface area contributed by atoms with Gasteiger partial charge in [0.05, 0.1) is 14.2 Å². The van der Waals surface area contributed by atoms with E-state index in [1.54, 1.807) is 32.4 Å². The van der Waals surface area contributed by atoms with Crippen LogP contribution in [0.3, 0.4) is 0 Å². The van der Waals surface area contributed by atoms with Crippen molar-refractivity contribution in [1.82, 2.24) is 4.90 Å². The fourth-order valence-corrected chi connectivity index (χ4v) is 2.62. The predicted octanol–water partition coefficient (Wildman–Crippen LogP) is 2.40. The van der Waals surface area contributed by atoms with Crippen LogP contribution in [0.15, 0.2) is 18.2 Å².